The number of amides is 2. The van der Waals surface area contributed by atoms with E-state index in [-0.39, 0.29) is 17.7 Å². The molecule has 170 valence electrons. The summed E-state index contributed by atoms with van der Waals surface area (Å²) in [7, 11) is 1.55. The van der Waals surface area contributed by atoms with Crippen molar-refractivity contribution in [1.29, 1.82) is 0 Å². The number of nitrogens with one attached hydrogen (secondary N) is 1. The highest BCUT2D eigenvalue weighted by Crippen LogP contribution is 2.29. The van der Waals surface area contributed by atoms with Gasteiger partial charge in [0.15, 0.2) is 0 Å². The van der Waals surface area contributed by atoms with Gasteiger partial charge in [0, 0.05) is 7.05 Å². The third-order valence-electron chi connectivity index (χ3n) is 5.72. The number of fused-ring (bicyclic) bond motifs is 1. The highest BCUT2D eigenvalue weighted by molar-refractivity contribution is 5.86. The van der Waals surface area contributed by atoms with Crippen LogP contribution in [0.4, 0.5) is 4.79 Å². The van der Waals surface area contributed by atoms with Crippen LogP contribution >= 0.6 is 0 Å². The number of hydrogen-bond donors (Lipinski definition) is 1. The maximum absolute atomic E-state index is 13.4. The predicted molar refractivity (Wildman–Crippen MR) is 124 cm³/mol. The van der Waals surface area contributed by atoms with Crippen molar-refractivity contribution in [2.75, 3.05) is 7.05 Å². The third-order valence-corrected chi connectivity index (χ3v) is 5.72. The SMILES string of the molecule is C=C(C)OC(=O)N(C)[C@H](C(=O)NC1CCCc2ccccc21)C(C)OCc1ccccc1. The largest absolute Gasteiger partial charge is 0.416 e. The molecule has 0 bridgehead atoms. The summed E-state index contributed by atoms with van der Waals surface area (Å²) in [5.41, 5.74) is 3.38. The quantitative estimate of drug-likeness (QED) is 0.606. The standard InChI is InChI=1S/C26H32N2O4/c1-18(2)32-26(30)28(4)24(19(3)31-17-20-11-6-5-7-12-20)25(29)27-23-16-10-14-21-13-8-9-15-22(21)23/h5-9,11-13,15,19,23-24H,1,10,14,16-17H2,2-4H3,(H,27,29)/t19?,23?,24-/m0/s1. The van der Waals surface area contributed by atoms with E-state index in [9.17, 15) is 9.59 Å². The molecule has 0 aliphatic heterocycles. The Hall–Kier alpha value is -3.12. The molecule has 2 aromatic rings. The molecule has 0 aromatic heterocycles. The number of rotatable bonds is 8. The Morgan fingerprint density at radius 2 is 1.84 bits per heavy atom. The summed E-state index contributed by atoms with van der Waals surface area (Å²) < 4.78 is 11.2. The van der Waals surface area contributed by atoms with E-state index >= 15 is 0 Å². The van der Waals surface area contributed by atoms with E-state index in [0.717, 1.165) is 30.4 Å². The Balaban J connectivity index is 1.77. The third kappa shape index (κ3) is 5.98. The van der Waals surface area contributed by atoms with Gasteiger partial charge in [0.05, 0.1) is 24.5 Å². The minimum Gasteiger partial charge on any atom is -0.416 e. The van der Waals surface area contributed by atoms with E-state index < -0.39 is 18.2 Å². The molecular formula is C26H32N2O4. The lowest BCUT2D eigenvalue weighted by Crippen LogP contribution is -2.54. The van der Waals surface area contributed by atoms with Gasteiger partial charge in [0.25, 0.3) is 0 Å². The van der Waals surface area contributed by atoms with Crippen LogP contribution in [0.2, 0.25) is 0 Å². The van der Waals surface area contributed by atoms with Gasteiger partial charge >= 0.3 is 6.09 Å². The first-order valence-electron chi connectivity index (χ1n) is 11.0. The average molecular weight is 437 g/mol. The fraction of sp³-hybridized carbons (Fsp3) is 0.385. The molecule has 3 atom stereocenters. The van der Waals surface area contributed by atoms with Crippen LogP contribution in [0.15, 0.2) is 66.9 Å². The second kappa shape index (κ2) is 11.0. The van der Waals surface area contributed by atoms with Crippen LogP contribution in [-0.2, 0) is 27.3 Å². The summed E-state index contributed by atoms with van der Waals surface area (Å²) in [6.07, 6.45) is 1.66. The van der Waals surface area contributed by atoms with E-state index in [4.69, 9.17) is 9.47 Å². The Labute approximate surface area is 190 Å². The van der Waals surface area contributed by atoms with Crippen LogP contribution in [0, 0.1) is 0 Å². The maximum atomic E-state index is 13.4. The molecule has 0 radical (unpaired) electrons. The molecule has 3 rings (SSSR count). The topological polar surface area (TPSA) is 67.9 Å². The molecule has 32 heavy (non-hydrogen) atoms. The summed E-state index contributed by atoms with van der Waals surface area (Å²) in [5.74, 6) is -0.00602. The first-order valence-corrected chi connectivity index (χ1v) is 11.0. The van der Waals surface area contributed by atoms with E-state index in [1.807, 2.05) is 42.5 Å². The molecule has 2 unspecified atom stereocenters. The van der Waals surface area contributed by atoms with E-state index in [2.05, 4.69) is 24.0 Å². The predicted octanol–water partition coefficient (Wildman–Crippen LogP) is 4.76. The van der Waals surface area contributed by atoms with Crippen molar-refractivity contribution in [3.8, 4) is 0 Å². The maximum Gasteiger partial charge on any atom is 0.415 e. The lowest BCUT2D eigenvalue weighted by Gasteiger charge is -2.34. The second-order valence-corrected chi connectivity index (χ2v) is 8.28. The Morgan fingerprint density at radius 3 is 2.56 bits per heavy atom. The number of nitrogens with zero attached hydrogens (tertiary/aromatic N) is 1. The molecule has 0 spiro atoms. The van der Waals surface area contributed by atoms with E-state index in [1.165, 1.54) is 10.5 Å². The van der Waals surface area contributed by atoms with E-state index in [1.54, 1.807) is 20.9 Å². The van der Waals surface area contributed by atoms with Crippen LogP contribution in [0.1, 0.15) is 49.4 Å². The summed E-state index contributed by atoms with van der Waals surface area (Å²) >= 11 is 0. The molecule has 1 aliphatic carbocycles. The molecule has 2 amide bonds. The zero-order valence-electron chi connectivity index (χ0n) is 19.0. The smallest absolute Gasteiger partial charge is 0.415 e. The first-order chi connectivity index (χ1) is 15.4. The van der Waals surface area contributed by atoms with Gasteiger partial charge in [0.2, 0.25) is 5.91 Å². The zero-order chi connectivity index (χ0) is 23.1. The molecule has 6 nitrogen and oxygen atoms in total. The highest BCUT2D eigenvalue weighted by atomic mass is 16.6. The fourth-order valence-electron chi connectivity index (χ4n) is 4.09. The summed E-state index contributed by atoms with van der Waals surface area (Å²) in [5, 5.41) is 3.15. The van der Waals surface area contributed by atoms with Crippen LogP contribution in [-0.4, -0.2) is 36.1 Å². The molecule has 0 fully saturated rings. The normalized spacial score (nSPS) is 16.9. The van der Waals surface area contributed by atoms with E-state index in [0.29, 0.717) is 6.61 Å². The fourth-order valence-corrected chi connectivity index (χ4v) is 4.09. The van der Waals surface area contributed by atoms with Crippen LogP contribution < -0.4 is 5.32 Å². The summed E-state index contributed by atoms with van der Waals surface area (Å²) in [6, 6.07) is 16.9. The number of hydrogen-bond acceptors (Lipinski definition) is 4. The molecule has 2 aromatic carbocycles. The molecular weight excluding hydrogens is 404 g/mol. The number of allylic oxidation sites excluding steroid dienone is 1. The van der Waals surface area contributed by atoms with Crippen molar-refractivity contribution in [1.82, 2.24) is 10.2 Å². The number of aryl methyl sites for hydroxylation is 1. The van der Waals surface area contributed by atoms with Gasteiger partial charge < -0.3 is 14.8 Å². The molecule has 0 saturated carbocycles. The van der Waals surface area contributed by atoms with Crippen molar-refractivity contribution >= 4 is 12.0 Å². The van der Waals surface area contributed by atoms with Crippen molar-refractivity contribution in [3.05, 3.63) is 83.6 Å². The second-order valence-electron chi connectivity index (χ2n) is 8.28. The summed E-state index contributed by atoms with van der Waals surface area (Å²) in [6.45, 7) is 7.34. The van der Waals surface area contributed by atoms with Crippen molar-refractivity contribution < 1.29 is 19.1 Å². The van der Waals surface area contributed by atoms with Crippen molar-refractivity contribution in [3.63, 3.8) is 0 Å². The van der Waals surface area contributed by atoms with Crippen LogP contribution in [0.3, 0.4) is 0 Å². The molecule has 0 heterocycles. The molecule has 1 aliphatic rings. The van der Waals surface area contributed by atoms with Crippen LogP contribution in [0.5, 0.6) is 0 Å². The minimum absolute atomic E-state index is 0.0955. The number of ether oxygens (including phenoxy) is 2. The van der Waals surface area contributed by atoms with Gasteiger partial charge in [-0.2, -0.15) is 0 Å². The molecule has 0 saturated heterocycles. The number of carbonyl (C=O) groups excluding carboxylic acids is 2. The molecule has 1 N–H and O–H groups in total. The van der Waals surface area contributed by atoms with Gasteiger partial charge in [-0.05, 0) is 49.8 Å². The Morgan fingerprint density at radius 1 is 1.16 bits per heavy atom. The van der Waals surface area contributed by atoms with Gasteiger partial charge in [-0.3, -0.25) is 9.69 Å². The minimum atomic E-state index is -0.861. The lowest BCUT2D eigenvalue weighted by molar-refractivity contribution is -0.132. The first kappa shape index (κ1) is 23.5. The number of carbonyl (C=O) groups is 2. The summed E-state index contributed by atoms with van der Waals surface area (Å²) in [4.78, 5) is 27.3. The van der Waals surface area contributed by atoms with Gasteiger partial charge in [-0.25, -0.2) is 4.79 Å². The number of likely N-dealkylation sites (N-methyl/N-ethyl adjacent to an activating group) is 1. The van der Waals surface area contributed by atoms with Crippen molar-refractivity contribution in [2.45, 2.75) is 57.9 Å². The Bertz CT molecular complexity index is 944. The highest BCUT2D eigenvalue weighted by Gasteiger charge is 2.35. The number of benzene rings is 2. The Kier molecular flexibility index (Phi) is 8.06. The monoisotopic (exact) mass is 436 g/mol. The van der Waals surface area contributed by atoms with Gasteiger partial charge in [-0.15, -0.1) is 0 Å². The molecule has 6 heteroatoms. The average Bonchev–Trinajstić information content (AvgIpc) is 2.78. The van der Waals surface area contributed by atoms with Gasteiger partial charge in [0.1, 0.15) is 6.04 Å². The van der Waals surface area contributed by atoms with Crippen LogP contribution in [0.25, 0.3) is 0 Å². The van der Waals surface area contributed by atoms with Gasteiger partial charge in [-0.1, -0.05) is 61.2 Å². The van der Waals surface area contributed by atoms with Crippen molar-refractivity contribution in [2.24, 2.45) is 0 Å². The lowest BCUT2D eigenvalue weighted by atomic mass is 9.87. The zero-order valence-corrected chi connectivity index (χ0v) is 19.0.